The molecule has 0 radical (unpaired) electrons. The van der Waals surface area contributed by atoms with Crippen LogP contribution in [0.1, 0.15) is 30.5 Å². The number of likely N-dealkylation sites (tertiary alicyclic amines) is 1. The van der Waals surface area contributed by atoms with Gasteiger partial charge in [-0.05, 0) is 51.8 Å². The fourth-order valence-electron chi connectivity index (χ4n) is 3.43. The van der Waals surface area contributed by atoms with Crippen LogP contribution in [-0.4, -0.2) is 57.4 Å². The summed E-state index contributed by atoms with van der Waals surface area (Å²) in [6, 6.07) is 1.70. The summed E-state index contributed by atoms with van der Waals surface area (Å²) in [5.74, 6) is 1.33. The molecule has 2 aromatic heterocycles. The molecule has 28 heavy (non-hydrogen) atoms. The second-order valence-electron chi connectivity index (χ2n) is 6.94. The topological polar surface area (TPSA) is 104 Å². The van der Waals surface area contributed by atoms with Crippen molar-refractivity contribution in [3.8, 4) is 11.6 Å². The first-order valence-corrected chi connectivity index (χ1v) is 9.38. The number of halogens is 1. The summed E-state index contributed by atoms with van der Waals surface area (Å²) < 4.78 is 0. The number of aromatic nitrogens is 4. The average molecular weight is 407 g/mol. The number of nitrogens with one attached hydrogen (secondary N) is 2. The van der Waals surface area contributed by atoms with Gasteiger partial charge in [0.15, 0.2) is 11.6 Å². The van der Waals surface area contributed by atoms with E-state index in [2.05, 4.69) is 25.3 Å². The summed E-state index contributed by atoms with van der Waals surface area (Å²) in [4.78, 5) is 42.3. The van der Waals surface area contributed by atoms with E-state index < -0.39 is 0 Å². The number of hydrogen-bond acceptors (Lipinski definition) is 6. The summed E-state index contributed by atoms with van der Waals surface area (Å²) in [5.41, 5.74) is 0.651. The number of hydrogen-bond donors (Lipinski definition) is 2. The molecule has 8 nitrogen and oxygen atoms in total. The number of aryl methyl sites for hydroxylation is 1. The van der Waals surface area contributed by atoms with Crippen molar-refractivity contribution in [3.05, 3.63) is 40.1 Å². The van der Waals surface area contributed by atoms with E-state index in [-0.39, 0.29) is 30.3 Å². The van der Waals surface area contributed by atoms with Crippen LogP contribution < -0.4 is 10.9 Å². The van der Waals surface area contributed by atoms with Gasteiger partial charge in [0.2, 0.25) is 5.91 Å². The number of carbonyl (C=O) groups excluding carboxylic acids is 1. The normalized spacial score (nSPS) is 14.6. The maximum Gasteiger partial charge on any atom is 0.255 e. The maximum atomic E-state index is 12.7. The Labute approximate surface area is 170 Å². The van der Waals surface area contributed by atoms with E-state index in [0.29, 0.717) is 28.8 Å². The van der Waals surface area contributed by atoms with Crippen molar-refractivity contribution in [2.24, 2.45) is 5.92 Å². The highest BCUT2D eigenvalue weighted by Gasteiger charge is 2.24. The Morgan fingerprint density at radius 3 is 2.57 bits per heavy atom. The largest absolute Gasteiger partial charge is 0.342 e. The Balaban J connectivity index is 0.00000280. The number of H-pyrrole nitrogens is 1. The van der Waals surface area contributed by atoms with Crippen molar-refractivity contribution in [2.75, 3.05) is 26.7 Å². The van der Waals surface area contributed by atoms with E-state index in [1.165, 1.54) is 0 Å². The van der Waals surface area contributed by atoms with Gasteiger partial charge in [0.1, 0.15) is 0 Å². The molecule has 0 aliphatic carbocycles. The van der Waals surface area contributed by atoms with Crippen molar-refractivity contribution < 1.29 is 4.79 Å². The zero-order chi connectivity index (χ0) is 19.2. The van der Waals surface area contributed by atoms with Crippen LogP contribution in [-0.2, 0) is 11.2 Å². The lowest BCUT2D eigenvalue weighted by Gasteiger charge is -2.32. The summed E-state index contributed by atoms with van der Waals surface area (Å²) in [6.07, 6.45) is 6.44. The van der Waals surface area contributed by atoms with Crippen molar-refractivity contribution in [2.45, 2.75) is 32.6 Å². The molecular weight excluding hydrogens is 380 g/mol. The van der Waals surface area contributed by atoms with Crippen molar-refractivity contribution in [1.29, 1.82) is 0 Å². The van der Waals surface area contributed by atoms with Crippen molar-refractivity contribution >= 4 is 18.3 Å². The zero-order valence-electron chi connectivity index (χ0n) is 16.3. The first-order valence-electron chi connectivity index (χ1n) is 9.38. The van der Waals surface area contributed by atoms with Gasteiger partial charge in [0.05, 0.1) is 6.42 Å². The van der Waals surface area contributed by atoms with Crippen LogP contribution in [0.2, 0.25) is 0 Å². The molecule has 0 atom stereocenters. The highest BCUT2D eigenvalue weighted by Crippen LogP contribution is 2.20. The second kappa shape index (κ2) is 10.3. The predicted octanol–water partition coefficient (Wildman–Crippen LogP) is 1.35. The quantitative estimate of drug-likeness (QED) is 0.750. The number of carbonyl (C=O) groups is 1. The molecule has 1 fully saturated rings. The Morgan fingerprint density at radius 2 is 1.96 bits per heavy atom. The number of amides is 1. The average Bonchev–Trinajstić information content (AvgIpc) is 2.70. The smallest absolute Gasteiger partial charge is 0.255 e. The highest BCUT2D eigenvalue weighted by atomic mass is 35.5. The fourth-order valence-corrected chi connectivity index (χ4v) is 3.43. The molecule has 2 N–H and O–H groups in total. The van der Waals surface area contributed by atoms with Crippen molar-refractivity contribution in [3.63, 3.8) is 0 Å². The number of piperidine rings is 1. The minimum Gasteiger partial charge on any atom is -0.342 e. The Hall–Kier alpha value is -2.32. The van der Waals surface area contributed by atoms with Crippen LogP contribution in [0, 0.1) is 12.8 Å². The molecule has 3 rings (SSSR count). The third-order valence-electron chi connectivity index (χ3n) is 5.10. The maximum absolute atomic E-state index is 12.7. The van der Waals surface area contributed by atoms with Gasteiger partial charge in [-0.15, -0.1) is 12.4 Å². The van der Waals surface area contributed by atoms with Gasteiger partial charge < -0.3 is 15.2 Å². The fraction of sp³-hybridized carbons (Fsp3) is 0.526. The van der Waals surface area contributed by atoms with E-state index in [1.807, 2.05) is 11.9 Å². The lowest BCUT2D eigenvalue weighted by molar-refractivity contribution is -0.131. The Bertz CT molecular complexity index is 834. The molecule has 1 amide bonds. The molecule has 3 heterocycles. The van der Waals surface area contributed by atoms with Crippen LogP contribution in [0.5, 0.6) is 0 Å². The van der Waals surface area contributed by atoms with Gasteiger partial charge in [0.25, 0.3) is 5.56 Å². The molecule has 0 saturated carbocycles. The van der Waals surface area contributed by atoms with Crippen LogP contribution >= 0.6 is 12.4 Å². The second-order valence-corrected chi connectivity index (χ2v) is 6.94. The van der Waals surface area contributed by atoms with E-state index in [0.717, 1.165) is 38.9 Å². The molecule has 0 spiro atoms. The molecule has 1 saturated heterocycles. The molecule has 1 aliphatic heterocycles. The molecule has 152 valence electrons. The minimum absolute atomic E-state index is 0. The summed E-state index contributed by atoms with van der Waals surface area (Å²) in [5, 5.41) is 3.18. The Morgan fingerprint density at radius 1 is 1.29 bits per heavy atom. The molecule has 1 aliphatic rings. The zero-order valence-corrected chi connectivity index (χ0v) is 17.1. The van der Waals surface area contributed by atoms with E-state index in [1.54, 1.807) is 25.4 Å². The summed E-state index contributed by atoms with van der Waals surface area (Å²) in [6.45, 7) is 4.27. The van der Waals surface area contributed by atoms with E-state index in [4.69, 9.17) is 0 Å². The molecule has 0 unspecified atom stereocenters. The SMILES string of the molecule is CNCCC1CCN(C(=O)Cc2c(C)nc(-c3ncccn3)[nH]c2=O)CC1.Cl. The van der Waals surface area contributed by atoms with E-state index >= 15 is 0 Å². The predicted molar refractivity (Wildman–Crippen MR) is 109 cm³/mol. The lowest BCUT2D eigenvalue weighted by Crippen LogP contribution is -2.40. The first-order chi connectivity index (χ1) is 13.1. The summed E-state index contributed by atoms with van der Waals surface area (Å²) in [7, 11) is 1.96. The molecule has 0 bridgehead atoms. The van der Waals surface area contributed by atoms with Crippen molar-refractivity contribution in [1.82, 2.24) is 30.2 Å². The van der Waals surface area contributed by atoms with Crippen LogP contribution in [0.3, 0.4) is 0 Å². The van der Waals surface area contributed by atoms with Crippen LogP contribution in [0.15, 0.2) is 23.3 Å². The standard InChI is InChI=1S/C19H26N6O2.ClH/c1-13-15(19(27)24-18(23-13)17-21-7-3-8-22-17)12-16(26)25-10-5-14(6-11-25)4-9-20-2;/h3,7-8,14,20H,4-6,9-12H2,1-2H3,(H,23,24,27);1H. The van der Waals surface area contributed by atoms with Gasteiger partial charge in [-0.3, -0.25) is 9.59 Å². The first kappa shape index (κ1) is 22.0. The van der Waals surface area contributed by atoms with Gasteiger partial charge in [-0.2, -0.15) is 0 Å². The van der Waals surface area contributed by atoms with E-state index in [9.17, 15) is 9.59 Å². The monoisotopic (exact) mass is 406 g/mol. The van der Waals surface area contributed by atoms with Gasteiger partial charge in [0, 0.05) is 36.7 Å². The van der Waals surface area contributed by atoms with Crippen LogP contribution in [0.4, 0.5) is 0 Å². The Kier molecular flexibility index (Phi) is 8.07. The van der Waals surface area contributed by atoms with Gasteiger partial charge in [-0.25, -0.2) is 15.0 Å². The lowest BCUT2D eigenvalue weighted by atomic mass is 9.93. The number of rotatable bonds is 6. The van der Waals surface area contributed by atoms with Crippen LogP contribution in [0.25, 0.3) is 11.6 Å². The number of aromatic amines is 1. The highest BCUT2D eigenvalue weighted by molar-refractivity contribution is 5.85. The van der Waals surface area contributed by atoms with Gasteiger partial charge in [-0.1, -0.05) is 0 Å². The third kappa shape index (κ3) is 5.36. The molecule has 0 aromatic carbocycles. The molecule has 2 aromatic rings. The molecular formula is C19H27ClN6O2. The third-order valence-corrected chi connectivity index (χ3v) is 5.10. The number of nitrogens with zero attached hydrogens (tertiary/aromatic N) is 4. The minimum atomic E-state index is -0.304. The van der Waals surface area contributed by atoms with Gasteiger partial charge >= 0.3 is 0 Å². The summed E-state index contributed by atoms with van der Waals surface area (Å²) >= 11 is 0. The molecule has 9 heteroatoms.